The van der Waals surface area contributed by atoms with Crippen LogP contribution in [0, 0.1) is 5.82 Å². The summed E-state index contributed by atoms with van der Waals surface area (Å²) in [5.74, 6) is 0.737. The average Bonchev–Trinajstić information content (AvgIpc) is 3.24. The van der Waals surface area contributed by atoms with E-state index in [9.17, 15) is 9.18 Å². The minimum Gasteiger partial charge on any atom is -0.357 e. The molecule has 2 aromatic rings. The summed E-state index contributed by atoms with van der Waals surface area (Å²) in [5.41, 5.74) is 1.60. The number of hydrogen-bond donors (Lipinski definition) is 3. The highest BCUT2D eigenvalue weighted by Crippen LogP contribution is 2.20. The van der Waals surface area contributed by atoms with Gasteiger partial charge in [0.25, 0.3) is 5.91 Å². The van der Waals surface area contributed by atoms with Crippen LogP contribution in [0.1, 0.15) is 42.6 Å². The van der Waals surface area contributed by atoms with Crippen molar-refractivity contribution < 1.29 is 9.18 Å². The number of pyridine rings is 1. The maximum absolute atomic E-state index is 14.0. The van der Waals surface area contributed by atoms with E-state index in [-0.39, 0.29) is 41.7 Å². The van der Waals surface area contributed by atoms with E-state index in [1.54, 1.807) is 12.3 Å². The maximum atomic E-state index is 14.0. The fraction of sp³-hybridized carbons (Fsp3) is 0.435. The normalized spacial score (nSPS) is 15.8. The zero-order valence-corrected chi connectivity index (χ0v) is 20.9. The lowest BCUT2D eigenvalue weighted by atomic mass is 10.1. The van der Waals surface area contributed by atoms with Crippen molar-refractivity contribution in [2.24, 2.45) is 4.99 Å². The maximum Gasteiger partial charge on any atom is 0.251 e. The lowest BCUT2D eigenvalue weighted by molar-refractivity contribution is 0.0953. The fourth-order valence-corrected chi connectivity index (χ4v) is 3.52. The van der Waals surface area contributed by atoms with E-state index in [1.165, 1.54) is 6.07 Å². The Balaban J connectivity index is 0.00000363. The molecule has 0 saturated carbocycles. The number of anilines is 1. The van der Waals surface area contributed by atoms with Crippen LogP contribution in [-0.2, 0) is 6.54 Å². The number of nitrogens with zero attached hydrogens (tertiary/aromatic N) is 3. The molecule has 32 heavy (non-hydrogen) atoms. The molecule has 1 amide bonds. The van der Waals surface area contributed by atoms with Gasteiger partial charge in [0.1, 0.15) is 0 Å². The average molecular weight is 554 g/mol. The molecule has 3 N–H and O–H groups in total. The Morgan fingerprint density at radius 3 is 2.84 bits per heavy atom. The molecule has 1 aromatic heterocycles. The van der Waals surface area contributed by atoms with Crippen molar-refractivity contribution in [3.63, 3.8) is 0 Å². The number of aliphatic imine (C=N–C) groups is 1. The summed E-state index contributed by atoms with van der Waals surface area (Å²) in [6, 6.07) is 10.7. The van der Waals surface area contributed by atoms with Crippen molar-refractivity contribution in [3.05, 3.63) is 59.5 Å². The first-order valence-electron chi connectivity index (χ1n) is 10.9. The van der Waals surface area contributed by atoms with Gasteiger partial charge in [-0.15, -0.1) is 24.0 Å². The Labute approximate surface area is 206 Å². The Morgan fingerprint density at radius 2 is 2.09 bits per heavy atom. The summed E-state index contributed by atoms with van der Waals surface area (Å²) in [7, 11) is 0. The van der Waals surface area contributed by atoms with Crippen LogP contribution >= 0.6 is 24.0 Å². The highest BCUT2D eigenvalue weighted by molar-refractivity contribution is 14.0. The van der Waals surface area contributed by atoms with E-state index in [0.717, 1.165) is 31.5 Å². The van der Waals surface area contributed by atoms with E-state index in [2.05, 4.69) is 25.9 Å². The summed E-state index contributed by atoms with van der Waals surface area (Å²) in [6.45, 7) is 7.28. The number of rotatable bonds is 8. The number of guanidine groups is 1. The van der Waals surface area contributed by atoms with Crippen LogP contribution in [0.25, 0.3) is 0 Å². The van der Waals surface area contributed by atoms with Crippen molar-refractivity contribution in [2.75, 3.05) is 31.1 Å². The van der Waals surface area contributed by atoms with E-state index >= 15 is 0 Å². The van der Waals surface area contributed by atoms with Crippen LogP contribution in [0.15, 0.2) is 47.6 Å². The lowest BCUT2D eigenvalue weighted by Crippen LogP contribution is -2.44. The molecular weight excluding hydrogens is 522 g/mol. The molecule has 2 heterocycles. The summed E-state index contributed by atoms with van der Waals surface area (Å²) in [5, 5.41) is 9.60. The summed E-state index contributed by atoms with van der Waals surface area (Å²) >= 11 is 0. The van der Waals surface area contributed by atoms with Gasteiger partial charge in [-0.25, -0.2) is 14.4 Å². The quantitative estimate of drug-likeness (QED) is 0.265. The standard InChI is InChI=1S/C23H31FN6O.HI/c1-3-11-27-22(31)18-8-5-7-17(14-18)15-28-23(25-4-2)29-19-10-13-30(16-19)21-20(24)9-6-12-26-21;/h5-9,12,14,19H,3-4,10-11,13,15-16H2,1-2H3,(H,27,31)(H2,25,28,29);1H. The number of nitrogens with one attached hydrogen (secondary N) is 3. The second kappa shape index (κ2) is 13.2. The number of amides is 1. The van der Waals surface area contributed by atoms with Gasteiger partial charge in [0, 0.05) is 44.0 Å². The van der Waals surface area contributed by atoms with Crippen molar-refractivity contribution in [3.8, 4) is 0 Å². The van der Waals surface area contributed by atoms with Crippen molar-refractivity contribution in [1.29, 1.82) is 0 Å². The van der Waals surface area contributed by atoms with E-state index < -0.39 is 0 Å². The third-order valence-electron chi connectivity index (χ3n) is 5.06. The van der Waals surface area contributed by atoms with Gasteiger partial charge in [-0.05, 0) is 49.6 Å². The number of carbonyl (C=O) groups is 1. The summed E-state index contributed by atoms with van der Waals surface area (Å²) in [4.78, 5) is 23.0. The predicted molar refractivity (Wildman–Crippen MR) is 137 cm³/mol. The Bertz CT molecular complexity index is 910. The van der Waals surface area contributed by atoms with E-state index in [4.69, 9.17) is 0 Å². The number of aromatic nitrogens is 1. The molecule has 0 bridgehead atoms. The SMILES string of the molecule is CCCNC(=O)c1cccc(CN=C(NCC)NC2CCN(c3ncccc3F)C2)c1.I. The third kappa shape index (κ3) is 7.32. The summed E-state index contributed by atoms with van der Waals surface area (Å²) in [6.07, 6.45) is 3.38. The first kappa shape index (κ1) is 25.8. The van der Waals surface area contributed by atoms with Crippen LogP contribution in [0.3, 0.4) is 0 Å². The highest BCUT2D eigenvalue weighted by Gasteiger charge is 2.25. The minimum atomic E-state index is -0.299. The zero-order chi connectivity index (χ0) is 22.1. The molecule has 174 valence electrons. The van der Waals surface area contributed by atoms with Crippen LogP contribution in [0.4, 0.5) is 10.2 Å². The van der Waals surface area contributed by atoms with Gasteiger partial charge in [0.05, 0.1) is 6.54 Å². The molecule has 1 atom stereocenters. The van der Waals surface area contributed by atoms with E-state index in [1.807, 2.05) is 43.0 Å². The molecule has 0 radical (unpaired) electrons. The van der Waals surface area contributed by atoms with Crippen LogP contribution in [0.5, 0.6) is 0 Å². The highest BCUT2D eigenvalue weighted by atomic mass is 127. The van der Waals surface area contributed by atoms with Gasteiger partial charge < -0.3 is 20.9 Å². The largest absolute Gasteiger partial charge is 0.357 e. The summed E-state index contributed by atoms with van der Waals surface area (Å²) < 4.78 is 14.0. The smallest absolute Gasteiger partial charge is 0.251 e. The zero-order valence-electron chi connectivity index (χ0n) is 18.6. The van der Waals surface area contributed by atoms with Gasteiger partial charge in [0.2, 0.25) is 0 Å². The molecule has 1 aliphatic rings. The Kier molecular flexibility index (Phi) is 10.6. The molecule has 1 saturated heterocycles. The Morgan fingerprint density at radius 1 is 1.25 bits per heavy atom. The lowest BCUT2D eigenvalue weighted by Gasteiger charge is -2.20. The monoisotopic (exact) mass is 554 g/mol. The molecule has 1 aromatic carbocycles. The first-order valence-corrected chi connectivity index (χ1v) is 10.9. The minimum absolute atomic E-state index is 0. The number of carbonyl (C=O) groups excluding carboxylic acids is 1. The molecular formula is C23H32FIN6O. The second-order valence-electron chi connectivity index (χ2n) is 7.54. The molecule has 9 heteroatoms. The van der Waals surface area contributed by atoms with Crippen molar-refractivity contribution in [2.45, 2.75) is 39.3 Å². The van der Waals surface area contributed by atoms with Crippen LogP contribution < -0.4 is 20.9 Å². The number of hydrogen-bond acceptors (Lipinski definition) is 4. The topological polar surface area (TPSA) is 81.6 Å². The van der Waals surface area contributed by atoms with Gasteiger partial charge in [0.15, 0.2) is 17.6 Å². The fourth-order valence-electron chi connectivity index (χ4n) is 3.52. The molecule has 0 spiro atoms. The molecule has 3 rings (SSSR count). The number of benzene rings is 1. The molecule has 1 unspecified atom stereocenters. The van der Waals surface area contributed by atoms with Gasteiger partial charge in [-0.2, -0.15) is 0 Å². The first-order chi connectivity index (χ1) is 15.1. The van der Waals surface area contributed by atoms with Gasteiger partial charge in [-0.3, -0.25) is 4.79 Å². The van der Waals surface area contributed by atoms with Crippen LogP contribution in [-0.4, -0.2) is 49.1 Å². The third-order valence-corrected chi connectivity index (χ3v) is 5.06. The van der Waals surface area contributed by atoms with Crippen LogP contribution in [0.2, 0.25) is 0 Å². The molecule has 0 aliphatic carbocycles. The Hall–Kier alpha value is -2.43. The molecule has 7 nitrogen and oxygen atoms in total. The van der Waals surface area contributed by atoms with Crippen molar-refractivity contribution in [1.82, 2.24) is 20.9 Å². The molecule has 1 fully saturated rings. The number of halogens is 2. The molecule has 1 aliphatic heterocycles. The van der Waals surface area contributed by atoms with Crippen molar-refractivity contribution >= 4 is 41.7 Å². The second-order valence-corrected chi connectivity index (χ2v) is 7.54. The van der Waals surface area contributed by atoms with Gasteiger partial charge >= 0.3 is 0 Å². The van der Waals surface area contributed by atoms with E-state index in [0.29, 0.717) is 37.0 Å². The van der Waals surface area contributed by atoms with Gasteiger partial charge in [-0.1, -0.05) is 19.1 Å². The predicted octanol–water partition coefficient (Wildman–Crippen LogP) is 3.31.